The summed E-state index contributed by atoms with van der Waals surface area (Å²) in [6.45, 7) is 5.50. The van der Waals surface area contributed by atoms with Crippen LogP contribution in [0.25, 0.3) is 0 Å². The molecule has 0 aliphatic heterocycles. The number of nitrogens with zero attached hydrogens (tertiary/aromatic N) is 1. The Hall–Kier alpha value is -4.35. The Morgan fingerprint density at radius 3 is 2.40 bits per heavy atom. The third-order valence-corrected chi connectivity index (χ3v) is 6.12. The van der Waals surface area contributed by atoms with Crippen molar-refractivity contribution in [3.8, 4) is 17.2 Å². The molecule has 12 heteroatoms. The zero-order valence-electron chi connectivity index (χ0n) is 21.6. The largest absolute Gasteiger partial charge is 0.493 e. The number of ether oxygens (including phenoxy) is 3. The van der Waals surface area contributed by atoms with Crippen molar-refractivity contribution in [3.63, 3.8) is 0 Å². The van der Waals surface area contributed by atoms with Gasteiger partial charge < -0.3 is 24.8 Å². The molecule has 0 spiro atoms. The van der Waals surface area contributed by atoms with Crippen molar-refractivity contribution in [2.24, 2.45) is 5.10 Å². The van der Waals surface area contributed by atoms with Gasteiger partial charge in [-0.3, -0.25) is 14.4 Å². The molecule has 0 saturated carbocycles. The fourth-order valence-corrected chi connectivity index (χ4v) is 3.91. The fraction of sp³-hybridized carbons (Fsp3) is 0.143. The lowest BCUT2D eigenvalue weighted by molar-refractivity contribution is -0.136. The Morgan fingerprint density at radius 1 is 1.00 bits per heavy atom. The van der Waals surface area contributed by atoms with Gasteiger partial charge in [-0.25, -0.2) is 5.43 Å². The Labute approximate surface area is 244 Å². The van der Waals surface area contributed by atoms with E-state index in [1.54, 1.807) is 60.7 Å². The molecule has 0 aliphatic rings. The first kappa shape index (κ1) is 30.2. The van der Waals surface area contributed by atoms with Crippen LogP contribution in [0, 0.1) is 6.92 Å². The molecule has 0 unspecified atom stereocenters. The van der Waals surface area contributed by atoms with Gasteiger partial charge in [0.05, 0.1) is 17.8 Å². The van der Waals surface area contributed by atoms with Crippen LogP contribution in [-0.2, 0) is 14.4 Å². The number of nitrogens with one attached hydrogen (secondary N) is 3. The molecule has 0 heterocycles. The number of hydrazone groups is 1. The number of aryl methyl sites for hydroxylation is 1. The average Bonchev–Trinajstić information content (AvgIpc) is 2.93. The third kappa shape index (κ3) is 8.85. The molecule has 0 radical (unpaired) electrons. The smallest absolute Gasteiger partial charge is 0.329 e. The van der Waals surface area contributed by atoms with Crippen molar-refractivity contribution < 1.29 is 28.6 Å². The van der Waals surface area contributed by atoms with Crippen LogP contribution in [0.3, 0.4) is 0 Å². The summed E-state index contributed by atoms with van der Waals surface area (Å²) >= 11 is 9.49. The van der Waals surface area contributed by atoms with Crippen molar-refractivity contribution in [2.75, 3.05) is 31.0 Å². The van der Waals surface area contributed by atoms with Gasteiger partial charge in [-0.1, -0.05) is 30.3 Å². The molecule has 0 bridgehead atoms. The van der Waals surface area contributed by atoms with Gasteiger partial charge in [0.25, 0.3) is 5.91 Å². The Balaban J connectivity index is 1.55. The summed E-state index contributed by atoms with van der Waals surface area (Å²) in [6.07, 6.45) is 2.94. The molecule has 3 amide bonds. The minimum Gasteiger partial charge on any atom is -0.493 e. The van der Waals surface area contributed by atoms with Crippen molar-refractivity contribution in [1.82, 2.24) is 5.43 Å². The van der Waals surface area contributed by atoms with Gasteiger partial charge in [0.1, 0.15) is 12.4 Å². The highest BCUT2D eigenvalue weighted by Gasteiger charge is 2.15. The van der Waals surface area contributed by atoms with E-state index in [2.05, 4.69) is 43.7 Å². The summed E-state index contributed by atoms with van der Waals surface area (Å²) < 4.78 is 16.9. The summed E-state index contributed by atoms with van der Waals surface area (Å²) in [4.78, 5) is 36.6. The molecule has 0 aromatic heterocycles. The van der Waals surface area contributed by atoms with Crippen molar-refractivity contribution in [3.05, 3.63) is 87.9 Å². The zero-order valence-corrected chi connectivity index (χ0v) is 24.0. The van der Waals surface area contributed by atoms with Gasteiger partial charge in [0, 0.05) is 16.4 Å². The molecule has 208 valence electrons. The zero-order chi connectivity index (χ0) is 29.1. The van der Waals surface area contributed by atoms with E-state index in [4.69, 9.17) is 25.8 Å². The van der Waals surface area contributed by atoms with Crippen LogP contribution in [0.2, 0.25) is 5.02 Å². The number of hydrogen-bond acceptors (Lipinski definition) is 7. The monoisotopic (exact) mass is 628 g/mol. The van der Waals surface area contributed by atoms with E-state index in [0.717, 1.165) is 5.56 Å². The summed E-state index contributed by atoms with van der Waals surface area (Å²) in [5.74, 6) is -1.05. The predicted octanol–water partition coefficient (Wildman–Crippen LogP) is 5.09. The summed E-state index contributed by atoms with van der Waals surface area (Å²) in [5.41, 5.74) is 4.54. The molecular weight excluding hydrogens is 604 g/mol. The van der Waals surface area contributed by atoms with Crippen LogP contribution >= 0.6 is 27.5 Å². The molecule has 0 saturated heterocycles. The lowest BCUT2D eigenvalue weighted by Crippen LogP contribution is -2.32. The average molecular weight is 630 g/mol. The number of hydrogen-bond donors (Lipinski definition) is 3. The molecule has 3 aromatic carbocycles. The molecule has 40 heavy (non-hydrogen) atoms. The van der Waals surface area contributed by atoms with Gasteiger partial charge in [-0.15, -0.1) is 0 Å². The second-order valence-corrected chi connectivity index (χ2v) is 9.37. The Bertz CT molecular complexity index is 1430. The first-order chi connectivity index (χ1) is 19.2. The highest BCUT2D eigenvalue weighted by molar-refractivity contribution is 9.10. The number of methoxy groups -OCH3 is 1. The maximum absolute atomic E-state index is 12.4. The fourth-order valence-electron chi connectivity index (χ4n) is 3.15. The van der Waals surface area contributed by atoms with Gasteiger partial charge >= 0.3 is 11.8 Å². The van der Waals surface area contributed by atoms with Crippen LogP contribution in [-0.4, -0.2) is 44.3 Å². The summed E-state index contributed by atoms with van der Waals surface area (Å²) in [6, 6.07) is 14.9. The lowest BCUT2D eigenvalue weighted by atomic mass is 10.2. The van der Waals surface area contributed by atoms with Gasteiger partial charge in [0.2, 0.25) is 0 Å². The highest BCUT2D eigenvalue weighted by Crippen LogP contribution is 2.36. The van der Waals surface area contributed by atoms with E-state index in [1.165, 1.54) is 13.3 Å². The van der Waals surface area contributed by atoms with Crippen LogP contribution in [0.15, 0.2) is 76.8 Å². The first-order valence-corrected chi connectivity index (χ1v) is 12.9. The molecular formula is C28H26BrClN4O6. The van der Waals surface area contributed by atoms with Gasteiger partial charge in [0.15, 0.2) is 18.1 Å². The molecule has 3 rings (SSSR count). The number of carbonyl (C=O) groups excluding carboxylic acids is 3. The van der Waals surface area contributed by atoms with Crippen LogP contribution in [0.4, 0.5) is 11.4 Å². The van der Waals surface area contributed by atoms with Crippen LogP contribution in [0.1, 0.15) is 11.1 Å². The molecule has 0 fully saturated rings. The second kappa shape index (κ2) is 14.7. The van der Waals surface area contributed by atoms with E-state index in [9.17, 15) is 14.4 Å². The Morgan fingerprint density at radius 2 is 1.73 bits per heavy atom. The molecule has 3 N–H and O–H groups in total. The van der Waals surface area contributed by atoms with Crippen LogP contribution < -0.4 is 30.3 Å². The molecule has 3 aromatic rings. The first-order valence-electron chi connectivity index (χ1n) is 11.7. The number of halogens is 2. The van der Waals surface area contributed by atoms with E-state index in [1.807, 2.05) is 6.92 Å². The van der Waals surface area contributed by atoms with Gasteiger partial charge in [-0.05, 0) is 82.5 Å². The SMILES string of the molecule is C=CCOc1ccc(NC(=O)C(=O)N/N=C\c2cc(Br)c(OCC(=O)Nc3ccc(C)c(Cl)c3)c(OC)c2)cc1. The topological polar surface area (TPSA) is 127 Å². The quantitative estimate of drug-likeness (QED) is 0.117. The van der Waals surface area contributed by atoms with Crippen molar-refractivity contribution >= 4 is 62.8 Å². The summed E-state index contributed by atoms with van der Waals surface area (Å²) in [7, 11) is 1.44. The van der Waals surface area contributed by atoms with E-state index in [0.29, 0.717) is 50.3 Å². The minimum atomic E-state index is -0.963. The maximum atomic E-state index is 12.4. The maximum Gasteiger partial charge on any atom is 0.329 e. The number of amides is 3. The highest BCUT2D eigenvalue weighted by atomic mass is 79.9. The van der Waals surface area contributed by atoms with E-state index < -0.39 is 17.7 Å². The normalized spacial score (nSPS) is 10.5. The van der Waals surface area contributed by atoms with E-state index >= 15 is 0 Å². The van der Waals surface area contributed by atoms with E-state index in [-0.39, 0.29) is 6.61 Å². The summed E-state index contributed by atoms with van der Waals surface area (Å²) in [5, 5.41) is 9.55. The number of carbonyl (C=O) groups is 3. The number of rotatable bonds is 11. The number of anilines is 2. The predicted molar refractivity (Wildman–Crippen MR) is 158 cm³/mol. The lowest BCUT2D eigenvalue weighted by Gasteiger charge is -2.13. The Kier molecular flexibility index (Phi) is 11.1. The van der Waals surface area contributed by atoms with Crippen molar-refractivity contribution in [1.29, 1.82) is 0 Å². The minimum absolute atomic E-state index is 0.288. The molecule has 0 aliphatic carbocycles. The number of benzene rings is 3. The molecule has 10 nitrogen and oxygen atoms in total. The van der Waals surface area contributed by atoms with Crippen LogP contribution in [0.5, 0.6) is 17.2 Å². The van der Waals surface area contributed by atoms with Gasteiger partial charge in [-0.2, -0.15) is 5.10 Å². The second-order valence-electron chi connectivity index (χ2n) is 8.11. The third-order valence-electron chi connectivity index (χ3n) is 5.12. The van der Waals surface area contributed by atoms with Crippen molar-refractivity contribution in [2.45, 2.75) is 6.92 Å². The molecule has 0 atom stereocenters. The standard InChI is InChI=1S/C28H26BrClN4O6/c1-4-11-39-21-9-7-19(8-10-21)33-27(36)28(37)34-31-15-18-12-22(29)26(24(13-18)38-3)40-16-25(35)32-20-6-5-17(2)23(30)14-20/h4-10,12-15H,1,11,16H2,2-3H3,(H,32,35)(H,33,36)(H,34,37)/b31-15-.